The molecule has 142 valence electrons. The third-order valence-corrected chi connectivity index (χ3v) is 4.92. The summed E-state index contributed by atoms with van der Waals surface area (Å²) in [6, 6.07) is 7.56. The molecule has 0 radical (unpaired) electrons. The van der Waals surface area contributed by atoms with Crippen molar-refractivity contribution in [3.63, 3.8) is 0 Å². The van der Waals surface area contributed by atoms with Gasteiger partial charge in [0.05, 0.1) is 5.69 Å². The molecule has 3 aromatic heterocycles. The molecule has 0 aliphatic carbocycles. The van der Waals surface area contributed by atoms with Crippen LogP contribution in [0.25, 0.3) is 22.8 Å². The van der Waals surface area contributed by atoms with E-state index in [-0.39, 0.29) is 23.2 Å². The SMILES string of the molecule is CC(C)C(=O)N1CCc2nc(N)c(C#N)c(-c3ccc(-c4ccn[nH]4)o3)c2C1. The summed E-state index contributed by atoms with van der Waals surface area (Å²) >= 11 is 0. The summed E-state index contributed by atoms with van der Waals surface area (Å²) in [5, 5.41) is 16.5. The molecule has 28 heavy (non-hydrogen) atoms. The summed E-state index contributed by atoms with van der Waals surface area (Å²) in [5.74, 6) is 1.28. The van der Waals surface area contributed by atoms with Gasteiger partial charge in [-0.1, -0.05) is 13.8 Å². The first-order valence-electron chi connectivity index (χ1n) is 9.09. The Hall–Kier alpha value is -3.60. The Morgan fingerprint density at radius 2 is 2.14 bits per heavy atom. The van der Waals surface area contributed by atoms with Crippen LogP contribution in [-0.2, 0) is 17.8 Å². The van der Waals surface area contributed by atoms with Gasteiger partial charge in [-0.15, -0.1) is 0 Å². The van der Waals surface area contributed by atoms with E-state index in [4.69, 9.17) is 10.2 Å². The lowest BCUT2D eigenvalue weighted by molar-refractivity contribution is -0.135. The minimum Gasteiger partial charge on any atom is -0.454 e. The molecule has 0 saturated heterocycles. The number of nitrogens with zero attached hydrogens (tertiary/aromatic N) is 4. The van der Waals surface area contributed by atoms with Gasteiger partial charge in [0.2, 0.25) is 5.91 Å². The van der Waals surface area contributed by atoms with Crippen LogP contribution in [0.3, 0.4) is 0 Å². The average molecular weight is 376 g/mol. The molecule has 8 nitrogen and oxygen atoms in total. The Morgan fingerprint density at radius 3 is 2.82 bits per heavy atom. The van der Waals surface area contributed by atoms with E-state index >= 15 is 0 Å². The number of rotatable bonds is 3. The minimum absolute atomic E-state index is 0.0736. The number of hydrogen-bond acceptors (Lipinski definition) is 6. The van der Waals surface area contributed by atoms with Crippen molar-refractivity contribution in [1.82, 2.24) is 20.1 Å². The van der Waals surface area contributed by atoms with E-state index in [1.54, 1.807) is 23.2 Å². The van der Waals surface area contributed by atoms with Gasteiger partial charge in [-0.2, -0.15) is 10.4 Å². The fraction of sp³-hybridized carbons (Fsp3) is 0.300. The normalized spacial score (nSPS) is 13.4. The van der Waals surface area contributed by atoms with Crippen molar-refractivity contribution in [2.24, 2.45) is 5.92 Å². The van der Waals surface area contributed by atoms with E-state index in [1.165, 1.54) is 0 Å². The lowest BCUT2D eigenvalue weighted by Gasteiger charge is -2.31. The van der Waals surface area contributed by atoms with Crippen molar-refractivity contribution in [3.05, 3.63) is 41.2 Å². The summed E-state index contributed by atoms with van der Waals surface area (Å²) in [6.07, 6.45) is 2.23. The van der Waals surface area contributed by atoms with Crippen LogP contribution in [0.2, 0.25) is 0 Å². The molecule has 0 aromatic carbocycles. The van der Waals surface area contributed by atoms with Crippen LogP contribution in [-0.4, -0.2) is 32.5 Å². The molecule has 1 aliphatic rings. The van der Waals surface area contributed by atoms with Crippen LogP contribution < -0.4 is 5.73 Å². The van der Waals surface area contributed by atoms with Gasteiger partial charge in [-0.25, -0.2) is 4.98 Å². The van der Waals surface area contributed by atoms with Gasteiger partial charge >= 0.3 is 0 Å². The maximum absolute atomic E-state index is 12.5. The zero-order valence-corrected chi connectivity index (χ0v) is 15.7. The van der Waals surface area contributed by atoms with Gasteiger partial charge in [-0.3, -0.25) is 9.89 Å². The Bertz CT molecular complexity index is 1080. The number of furan rings is 1. The summed E-state index contributed by atoms with van der Waals surface area (Å²) in [5.41, 5.74) is 9.29. The standard InChI is InChI=1S/C20H20N6O2/c1-11(2)20(27)26-8-6-14-13(10-26)18(12(9-21)19(22)24-14)17-4-3-16(28-17)15-5-7-23-25-15/h3-5,7,11H,6,8,10H2,1-2H3,(H2,22,24)(H,23,25). The highest BCUT2D eigenvalue weighted by Crippen LogP contribution is 2.37. The number of nitrogens with one attached hydrogen (secondary N) is 1. The van der Waals surface area contributed by atoms with Crippen molar-refractivity contribution in [1.29, 1.82) is 5.26 Å². The molecule has 3 aromatic rings. The van der Waals surface area contributed by atoms with E-state index < -0.39 is 0 Å². The number of aromatic amines is 1. The molecule has 0 unspecified atom stereocenters. The zero-order chi connectivity index (χ0) is 19.8. The lowest BCUT2D eigenvalue weighted by Crippen LogP contribution is -2.39. The molecular weight excluding hydrogens is 356 g/mol. The van der Waals surface area contributed by atoms with Gasteiger partial charge in [0.15, 0.2) is 5.76 Å². The highest BCUT2D eigenvalue weighted by molar-refractivity contribution is 5.81. The number of aromatic nitrogens is 3. The smallest absolute Gasteiger partial charge is 0.225 e. The van der Waals surface area contributed by atoms with E-state index in [0.717, 1.165) is 17.0 Å². The van der Waals surface area contributed by atoms with Crippen LogP contribution >= 0.6 is 0 Å². The van der Waals surface area contributed by atoms with Crippen molar-refractivity contribution in [2.75, 3.05) is 12.3 Å². The fourth-order valence-electron chi connectivity index (χ4n) is 3.53. The van der Waals surface area contributed by atoms with Gasteiger partial charge < -0.3 is 15.1 Å². The number of hydrogen-bond donors (Lipinski definition) is 2. The number of amides is 1. The molecule has 4 rings (SSSR count). The average Bonchev–Trinajstić information content (AvgIpc) is 3.37. The monoisotopic (exact) mass is 376 g/mol. The molecule has 8 heteroatoms. The predicted molar refractivity (Wildman–Crippen MR) is 103 cm³/mol. The number of pyridine rings is 1. The van der Waals surface area contributed by atoms with E-state index in [0.29, 0.717) is 36.6 Å². The Balaban J connectivity index is 1.84. The lowest BCUT2D eigenvalue weighted by atomic mass is 9.94. The molecule has 3 N–H and O–H groups in total. The number of carbonyl (C=O) groups excluding carboxylic acids is 1. The van der Waals surface area contributed by atoms with Gasteiger partial charge in [-0.05, 0) is 18.2 Å². The highest BCUT2D eigenvalue weighted by Gasteiger charge is 2.29. The fourth-order valence-corrected chi connectivity index (χ4v) is 3.53. The van der Waals surface area contributed by atoms with Crippen molar-refractivity contribution >= 4 is 11.7 Å². The first-order chi connectivity index (χ1) is 13.5. The second-order valence-corrected chi connectivity index (χ2v) is 7.08. The largest absolute Gasteiger partial charge is 0.454 e. The Labute approximate surface area is 162 Å². The van der Waals surface area contributed by atoms with Crippen LogP contribution in [0, 0.1) is 17.2 Å². The van der Waals surface area contributed by atoms with Crippen molar-refractivity contribution < 1.29 is 9.21 Å². The topological polar surface area (TPSA) is 125 Å². The van der Waals surface area contributed by atoms with Gasteiger partial charge in [0.1, 0.15) is 28.9 Å². The molecule has 1 amide bonds. The van der Waals surface area contributed by atoms with E-state index in [2.05, 4.69) is 21.3 Å². The Kier molecular flexibility index (Phi) is 4.35. The molecule has 0 fully saturated rings. The summed E-state index contributed by atoms with van der Waals surface area (Å²) in [7, 11) is 0. The van der Waals surface area contributed by atoms with Crippen LogP contribution in [0.1, 0.15) is 30.7 Å². The zero-order valence-electron chi connectivity index (χ0n) is 15.7. The maximum atomic E-state index is 12.5. The second-order valence-electron chi connectivity index (χ2n) is 7.08. The van der Waals surface area contributed by atoms with Crippen molar-refractivity contribution in [3.8, 4) is 28.8 Å². The molecule has 0 saturated carbocycles. The highest BCUT2D eigenvalue weighted by atomic mass is 16.3. The summed E-state index contributed by atoms with van der Waals surface area (Å²) < 4.78 is 6.01. The van der Waals surface area contributed by atoms with Crippen LogP contribution in [0.15, 0.2) is 28.8 Å². The summed E-state index contributed by atoms with van der Waals surface area (Å²) in [4.78, 5) is 18.7. The third kappa shape index (κ3) is 2.91. The number of nitrogens with two attached hydrogens (primary N) is 1. The number of nitriles is 1. The van der Waals surface area contributed by atoms with E-state index in [1.807, 2.05) is 19.9 Å². The summed E-state index contributed by atoms with van der Waals surface area (Å²) in [6.45, 7) is 4.72. The second kappa shape index (κ2) is 6.85. The molecule has 0 bridgehead atoms. The molecule has 0 atom stereocenters. The van der Waals surface area contributed by atoms with Gasteiger partial charge in [0.25, 0.3) is 0 Å². The quantitative estimate of drug-likeness (QED) is 0.724. The van der Waals surface area contributed by atoms with E-state index in [9.17, 15) is 10.1 Å². The number of anilines is 1. The minimum atomic E-state index is -0.0993. The number of nitrogen functional groups attached to an aromatic ring is 1. The predicted octanol–water partition coefficient (Wildman–Crippen LogP) is 2.73. The Morgan fingerprint density at radius 1 is 1.36 bits per heavy atom. The third-order valence-electron chi connectivity index (χ3n) is 4.92. The maximum Gasteiger partial charge on any atom is 0.225 e. The van der Waals surface area contributed by atoms with Crippen LogP contribution in [0.4, 0.5) is 5.82 Å². The van der Waals surface area contributed by atoms with Crippen LogP contribution in [0.5, 0.6) is 0 Å². The number of fused-ring (bicyclic) bond motifs is 1. The molecule has 0 spiro atoms. The van der Waals surface area contributed by atoms with Crippen molar-refractivity contribution in [2.45, 2.75) is 26.8 Å². The molecule has 1 aliphatic heterocycles. The molecular formula is C20H20N6O2. The van der Waals surface area contributed by atoms with Gasteiger partial charge in [0, 0.05) is 42.8 Å². The number of H-pyrrole nitrogens is 1. The molecule has 4 heterocycles. The first-order valence-corrected chi connectivity index (χ1v) is 9.09. The number of carbonyl (C=O) groups is 1. The first kappa shape index (κ1) is 17.8.